The number of benzene rings is 3. The van der Waals surface area contributed by atoms with E-state index in [0.717, 1.165) is 27.4 Å². The summed E-state index contributed by atoms with van der Waals surface area (Å²) in [5, 5.41) is 0.174. The topological polar surface area (TPSA) is 70.0 Å². The third kappa shape index (κ3) is 5.73. The Bertz CT molecular complexity index is 1060. The molecular weight excluding hydrogens is 571 g/mol. The summed E-state index contributed by atoms with van der Waals surface area (Å²) in [6.45, 7) is 0. The molecule has 2 radical (unpaired) electrons. The molecule has 0 saturated heterocycles. The third-order valence-corrected chi connectivity index (χ3v) is 5.95. The van der Waals surface area contributed by atoms with Gasteiger partial charge in [0.25, 0.3) is 0 Å². The Labute approximate surface area is 230 Å². The normalized spacial score (nSPS) is 12.1. The van der Waals surface area contributed by atoms with E-state index in [1.165, 1.54) is 11.8 Å². The molecule has 0 atom stereocenters. The van der Waals surface area contributed by atoms with Crippen molar-refractivity contribution >= 4 is 36.5 Å². The van der Waals surface area contributed by atoms with E-state index in [9.17, 15) is 14.4 Å². The van der Waals surface area contributed by atoms with Gasteiger partial charge in [-0.1, -0.05) is 66.4 Å². The van der Waals surface area contributed by atoms with E-state index in [-0.39, 0.29) is 70.5 Å². The van der Waals surface area contributed by atoms with E-state index in [1.807, 2.05) is 85.9 Å². The van der Waals surface area contributed by atoms with Crippen molar-refractivity contribution in [1.29, 1.82) is 0 Å². The van der Waals surface area contributed by atoms with E-state index >= 15 is 0 Å². The zero-order valence-electron chi connectivity index (χ0n) is 16.2. The maximum atomic E-state index is 11.8. The Morgan fingerprint density at radius 1 is 0.833 bits per heavy atom. The summed E-state index contributed by atoms with van der Waals surface area (Å²) in [5.41, 5.74) is 4.26. The van der Waals surface area contributed by atoms with Gasteiger partial charge < -0.3 is 9.42 Å². The Balaban J connectivity index is 0.00000160. The molecule has 0 amide bonds. The summed E-state index contributed by atoms with van der Waals surface area (Å²) in [7, 11) is -2.78. The maximum absolute atomic E-state index is 11.8. The van der Waals surface area contributed by atoms with Crippen molar-refractivity contribution in [1.82, 2.24) is 0 Å². The summed E-state index contributed by atoms with van der Waals surface area (Å²) in [5.74, 6) is 0. The van der Waals surface area contributed by atoms with Crippen LogP contribution in [0.4, 0.5) is 11.4 Å². The van der Waals surface area contributed by atoms with Crippen LogP contribution in [0.15, 0.2) is 88.8 Å². The van der Waals surface area contributed by atoms with Crippen molar-refractivity contribution in [3.63, 3.8) is 0 Å². The molecule has 4 rings (SSSR count). The minimum absolute atomic E-state index is 0. The zero-order chi connectivity index (χ0) is 19.7. The molecule has 0 spiro atoms. The first-order chi connectivity index (χ1) is 13.4. The van der Waals surface area contributed by atoms with E-state index < -0.39 is 7.82 Å². The summed E-state index contributed by atoms with van der Waals surface area (Å²) in [6.07, 6.45) is 0. The summed E-state index contributed by atoms with van der Waals surface area (Å²) in [6, 6.07) is 24.9. The van der Waals surface area contributed by atoms with Gasteiger partial charge in [-0.05, 0) is 24.3 Å². The number of fused-ring (bicyclic) bond motifs is 2. The number of hydrogen-bond donors (Lipinski definition) is 2. The van der Waals surface area contributed by atoms with Crippen LogP contribution in [0.25, 0.3) is 5.57 Å². The van der Waals surface area contributed by atoms with Crippen molar-refractivity contribution in [3.05, 3.63) is 95.1 Å². The van der Waals surface area contributed by atoms with Gasteiger partial charge >= 0.3 is 7.82 Å². The van der Waals surface area contributed by atoms with Crippen LogP contribution in [0.5, 0.6) is 0 Å². The molecule has 0 saturated carbocycles. The molecule has 0 aliphatic carbocycles. The maximum Gasteiger partial charge on any atom is 0.525 e. The molecule has 1 aliphatic rings. The van der Waals surface area contributed by atoms with Gasteiger partial charge in [-0.25, -0.2) is 4.57 Å². The van der Waals surface area contributed by atoms with Crippen LogP contribution >= 0.6 is 19.6 Å². The van der Waals surface area contributed by atoms with Gasteiger partial charge in [-0.3, -0.25) is 9.79 Å². The molecule has 3 aromatic rings. The van der Waals surface area contributed by atoms with Gasteiger partial charge in [0.05, 0.1) is 0 Å². The monoisotopic (exact) mass is 589 g/mol. The van der Waals surface area contributed by atoms with Gasteiger partial charge in [0.2, 0.25) is 0 Å². The quantitative estimate of drug-likeness (QED) is 0.242. The second kappa shape index (κ2) is 11.0. The van der Waals surface area contributed by atoms with Crippen LogP contribution in [-0.4, -0.2) is 16.8 Å². The fourth-order valence-corrected chi connectivity index (χ4v) is 4.85. The standard InChI is InChI=1S/C21H18NO4PS.2Y/c1-22-18-13-7-5-11-16(18)20(17-12-6-8-14-19(17)22)21(26-27(23,24)25)28-15-9-3-2-4-10-15;;/h2-14H,1H3,(H2,23,24,25);;. The molecule has 0 unspecified atom stereocenters. The van der Waals surface area contributed by atoms with Gasteiger partial charge in [-0.2, -0.15) is 0 Å². The number of anilines is 2. The molecule has 0 bridgehead atoms. The molecule has 9 heteroatoms. The smallest absolute Gasteiger partial charge is 0.396 e. The van der Waals surface area contributed by atoms with Crippen molar-refractivity contribution in [3.8, 4) is 0 Å². The Kier molecular flexibility index (Phi) is 9.54. The second-order valence-electron chi connectivity index (χ2n) is 6.25. The van der Waals surface area contributed by atoms with Crippen LogP contribution in [0, 0.1) is 0 Å². The number of nitrogens with zero attached hydrogens (tertiary/aromatic N) is 1. The largest absolute Gasteiger partial charge is 0.525 e. The van der Waals surface area contributed by atoms with E-state index in [4.69, 9.17) is 4.52 Å². The number of thioether (sulfide) groups is 1. The van der Waals surface area contributed by atoms with Gasteiger partial charge in [0.15, 0.2) is 5.09 Å². The molecule has 0 fully saturated rings. The molecule has 3 aromatic carbocycles. The predicted octanol–water partition coefficient (Wildman–Crippen LogP) is 5.38. The molecule has 148 valence electrons. The first-order valence-electron chi connectivity index (χ1n) is 8.59. The van der Waals surface area contributed by atoms with Crippen LogP contribution in [0.3, 0.4) is 0 Å². The Morgan fingerprint density at radius 3 is 1.80 bits per heavy atom. The minimum atomic E-state index is -4.76. The van der Waals surface area contributed by atoms with Crippen LogP contribution < -0.4 is 4.90 Å². The van der Waals surface area contributed by atoms with Gasteiger partial charge in [0.1, 0.15) is 0 Å². The predicted molar refractivity (Wildman–Crippen MR) is 112 cm³/mol. The fraction of sp³-hybridized carbons (Fsp3) is 0.0476. The van der Waals surface area contributed by atoms with Crippen molar-refractivity contribution in [2.45, 2.75) is 4.90 Å². The number of para-hydroxylation sites is 2. The second-order valence-corrected chi connectivity index (χ2v) is 8.46. The SMILES string of the molecule is CN1c2ccccc2C(=C(OP(=O)(O)O)Sc2ccccc2)c2ccccc21.[Y].[Y]. The molecule has 30 heavy (non-hydrogen) atoms. The van der Waals surface area contributed by atoms with E-state index in [2.05, 4.69) is 4.90 Å². The molecule has 0 aromatic heterocycles. The average Bonchev–Trinajstić information content (AvgIpc) is 2.68. The molecule has 5 nitrogen and oxygen atoms in total. The Hall–Kier alpha value is -0.292. The van der Waals surface area contributed by atoms with Gasteiger partial charge in [-0.15, -0.1) is 0 Å². The third-order valence-electron chi connectivity index (χ3n) is 4.43. The van der Waals surface area contributed by atoms with Gasteiger partial charge in [0, 0.05) is 105 Å². The number of phosphoric ester groups is 1. The number of phosphoric acid groups is 1. The Morgan fingerprint density at radius 2 is 1.30 bits per heavy atom. The average molecular weight is 589 g/mol. The first-order valence-corrected chi connectivity index (χ1v) is 10.9. The minimum Gasteiger partial charge on any atom is -0.396 e. The van der Waals surface area contributed by atoms with Crippen LogP contribution in [0.1, 0.15) is 11.1 Å². The van der Waals surface area contributed by atoms with Crippen molar-refractivity contribution in [2.24, 2.45) is 0 Å². The molecule has 2 N–H and O–H groups in total. The summed E-state index contributed by atoms with van der Waals surface area (Å²) >= 11 is 1.20. The zero-order valence-corrected chi connectivity index (χ0v) is 23.6. The van der Waals surface area contributed by atoms with Crippen molar-refractivity contribution in [2.75, 3.05) is 11.9 Å². The van der Waals surface area contributed by atoms with E-state index in [0.29, 0.717) is 5.57 Å². The molecule has 1 aliphatic heterocycles. The number of rotatable bonds is 4. The molecular formula is C21H18NO4PSY2. The number of hydrogen-bond acceptors (Lipinski definition) is 4. The summed E-state index contributed by atoms with van der Waals surface area (Å²) in [4.78, 5) is 22.0. The van der Waals surface area contributed by atoms with Crippen molar-refractivity contribution < 1.29 is 84.3 Å². The van der Waals surface area contributed by atoms with E-state index in [1.54, 1.807) is 0 Å². The van der Waals surface area contributed by atoms with Crippen LogP contribution in [0.2, 0.25) is 0 Å². The molecule has 1 heterocycles. The fourth-order valence-electron chi connectivity index (χ4n) is 3.27. The van der Waals surface area contributed by atoms with Crippen LogP contribution in [-0.2, 0) is 74.5 Å². The summed E-state index contributed by atoms with van der Waals surface area (Å²) < 4.78 is 17.0. The first kappa shape index (κ1) is 26.0.